The van der Waals surface area contributed by atoms with E-state index in [-0.39, 0.29) is 12.5 Å². The Balaban J connectivity index is 1.83. The van der Waals surface area contributed by atoms with Gasteiger partial charge >= 0.3 is 5.97 Å². The Morgan fingerprint density at radius 2 is 1.72 bits per heavy atom. The maximum absolute atomic E-state index is 12.4. The predicted molar refractivity (Wildman–Crippen MR) is 110 cm³/mol. The highest BCUT2D eigenvalue weighted by Crippen LogP contribution is 2.22. The minimum atomic E-state index is -0.703. The molecule has 154 valence electrons. The van der Waals surface area contributed by atoms with Crippen LogP contribution in [0.3, 0.4) is 0 Å². The van der Waals surface area contributed by atoms with Crippen molar-refractivity contribution in [1.82, 2.24) is 4.90 Å². The van der Waals surface area contributed by atoms with Gasteiger partial charge in [0.2, 0.25) is 0 Å². The van der Waals surface area contributed by atoms with Crippen LogP contribution in [0.5, 0.6) is 5.75 Å². The van der Waals surface area contributed by atoms with E-state index in [4.69, 9.17) is 21.1 Å². The third-order valence-electron chi connectivity index (χ3n) is 3.99. The second-order valence-electron chi connectivity index (χ2n) is 5.99. The van der Waals surface area contributed by atoms with Crippen molar-refractivity contribution in [3.63, 3.8) is 0 Å². The molecule has 0 saturated heterocycles. The molecule has 2 amide bonds. The van der Waals surface area contributed by atoms with Crippen molar-refractivity contribution in [2.24, 2.45) is 0 Å². The number of carbonyl (C=O) groups excluding carboxylic acids is 3. The van der Waals surface area contributed by atoms with E-state index < -0.39 is 18.5 Å². The molecule has 0 radical (unpaired) electrons. The van der Waals surface area contributed by atoms with Gasteiger partial charge in [0, 0.05) is 24.3 Å². The number of anilines is 1. The van der Waals surface area contributed by atoms with Gasteiger partial charge in [-0.1, -0.05) is 29.8 Å². The second kappa shape index (κ2) is 11.1. The quantitative estimate of drug-likeness (QED) is 0.631. The van der Waals surface area contributed by atoms with Gasteiger partial charge < -0.3 is 19.7 Å². The van der Waals surface area contributed by atoms with Crippen molar-refractivity contribution in [1.29, 1.82) is 0 Å². The summed E-state index contributed by atoms with van der Waals surface area (Å²) in [6.45, 7) is 4.15. The van der Waals surface area contributed by atoms with E-state index in [0.29, 0.717) is 35.1 Å². The van der Waals surface area contributed by atoms with Crippen LogP contribution in [-0.4, -0.2) is 49.0 Å². The summed E-state index contributed by atoms with van der Waals surface area (Å²) in [5.74, 6) is -0.992. The summed E-state index contributed by atoms with van der Waals surface area (Å²) in [5, 5.41) is 2.97. The second-order valence-corrected chi connectivity index (χ2v) is 6.39. The summed E-state index contributed by atoms with van der Waals surface area (Å²) in [7, 11) is 0. The summed E-state index contributed by atoms with van der Waals surface area (Å²) in [6, 6.07) is 13.3. The largest absolute Gasteiger partial charge is 0.480 e. The highest BCUT2D eigenvalue weighted by Gasteiger charge is 2.14. The Hall–Kier alpha value is -3.06. The zero-order valence-electron chi connectivity index (χ0n) is 16.3. The van der Waals surface area contributed by atoms with Crippen molar-refractivity contribution in [2.45, 2.75) is 13.8 Å². The van der Waals surface area contributed by atoms with Gasteiger partial charge in [-0.2, -0.15) is 0 Å². The average Bonchev–Trinajstić information content (AvgIpc) is 2.72. The van der Waals surface area contributed by atoms with Gasteiger partial charge in [0.05, 0.1) is 5.02 Å². The summed E-state index contributed by atoms with van der Waals surface area (Å²) in [5.41, 5.74) is 0.910. The monoisotopic (exact) mass is 418 g/mol. The molecule has 1 N–H and O–H groups in total. The van der Waals surface area contributed by atoms with E-state index in [1.165, 1.54) is 0 Å². The van der Waals surface area contributed by atoms with Gasteiger partial charge in [0.15, 0.2) is 13.2 Å². The number of halogens is 1. The number of ether oxygens (including phenoxy) is 2. The fraction of sp³-hybridized carbons (Fsp3) is 0.286. The number of rotatable bonds is 9. The standard InChI is InChI=1S/C21H23ClN2O5/c1-3-24(4-2)21(27)15-8-7-9-16(12-15)23-19(25)13-29-20(26)14-28-18-11-6-5-10-17(18)22/h5-12H,3-4,13-14H2,1-2H3,(H,23,25). The Bertz CT molecular complexity index is 868. The molecule has 2 aromatic carbocycles. The Labute approximate surface area is 174 Å². The number of amides is 2. The van der Waals surface area contributed by atoms with Crippen LogP contribution >= 0.6 is 11.6 Å². The highest BCUT2D eigenvalue weighted by molar-refractivity contribution is 6.32. The lowest BCUT2D eigenvalue weighted by Crippen LogP contribution is -2.30. The number of hydrogen-bond acceptors (Lipinski definition) is 5. The maximum atomic E-state index is 12.4. The van der Waals surface area contributed by atoms with Crippen LogP contribution in [0.25, 0.3) is 0 Å². The first kappa shape index (κ1) is 22.2. The number of nitrogens with zero attached hydrogens (tertiary/aromatic N) is 1. The van der Waals surface area contributed by atoms with Crippen LogP contribution in [-0.2, 0) is 14.3 Å². The van der Waals surface area contributed by atoms with E-state index in [2.05, 4.69) is 5.32 Å². The normalized spacial score (nSPS) is 10.2. The molecule has 7 nitrogen and oxygen atoms in total. The topological polar surface area (TPSA) is 84.9 Å². The van der Waals surface area contributed by atoms with E-state index in [1.807, 2.05) is 13.8 Å². The smallest absolute Gasteiger partial charge is 0.344 e. The van der Waals surface area contributed by atoms with Crippen LogP contribution in [0.2, 0.25) is 5.02 Å². The Morgan fingerprint density at radius 3 is 2.41 bits per heavy atom. The fourth-order valence-electron chi connectivity index (χ4n) is 2.51. The van der Waals surface area contributed by atoms with Gasteiger partial charge in [-0.05, 0) is 44.2 Å². The molecule has 0 aliphatic carbocycles. The third-order valence-corrected chi connectivity index (χ3v) is 4.30. The minimum absolute atomic E-state index is 0.116. The lowest BCUT2D eigenvalue weighted by molar-refractivity contribution is -0.149. The first-order chi connectivity index (χ1) is 13.9. The van der Waals surface area contributed by atoms with E-state index in [1.54, 1.807) is 53.4 Å². The van der Waals surface area contributed by atoms with Crippen LogP contribution in [0, 0.1) is 0 Å². The van der Waals surface area contributed by atoms with Gasteiger partial charge in [-0.15, -0.1) is 0 Å². The summed E-state index contributed by atoms with van der Waals surface area (Å²) >= 11 is 5.93. The predicted octanol–water partition coefficient (Wildman–Crippen LogP) is 3.38. The first-order valence-corrected chi connectivity index (χ1v) is 9.54. The van der Waals surface area contributed by atoms with Gasteiger partial charge in [-0.3, -0.25) is 9.59 Å². The fourth-order valence-corrected chi connectivity index (χ4v) is 2.70. The summed E-state index contributed by atoms with van der Waals surface area (Å²) in [6.07, 6.45) is 0. The molecule has 0 heterocycles. The number of nitrogens with one attached hydrogen (secondary N) is 1. The molecular formula is C21H23ClN2O5. The molecule has 2 rings (SSSR count). The first-order valence-electron chi connectivity index (χ1n) is 9.16. The van der Waals surface area contributed by atoms with Crippen LogP contribution in [0.1, 0.15) is 24.2 Å². The maximum Gasteiger partial charge on any atom is 0.344 e. The van der Waals surface area contributed by atoms with Crippen LogP contribution < -0.4 is 10.1 Å². The van der Waals surface area contributed by atoms with Gasteiger partial charge in [0.1, 0.15) is 5.75 Å². The molecule has 0 aliphatic heterocycles. The number of esters is 1. The third kappa shape index (κ3) is 6.80. The van der Waals surface area contributed by atoms with Gasteiger partial charge in [-0.25, -0.2) is 4.79 Å². The molecule has 0 aromatic heterocycles. The average molecular weight is 419 g/mol. The van der Waals surface area contributed by atoms with Crippen molar-refractivity contribution in [3.05, 3.63) is 59.1 Å². The number of carbonyl (C=O) groups is 3. The van der Waals surface area contributed by atoms with E-state index >= 15 is 0 Å². The molecule has 8 heteroatoms. The molecule has 0 saturated carbocycles. The number of hydrogen-bond donors (Lipinski definition) is 1. The molecule has 0 fully saturated rings. The highest BCUT2D eigenvalue weighted by atomic mass is 35.5. The molecule has 0 spiro atoms. The molecule has 0 atom stereocenters. The van der Waals surface area contributed by atoms with Crippen molar-refractivity contribution < 1.29 is 23.9 Å². The lowest BCUT2D eigenvalue weighted by Gasteiger charge is -2.19. The minimum Gasteiger partial charge on any atom is -0.480 e. The SMILES string of the molecule is CCN(CC)C(=O)c1cccc(NC(=O)COC(=O)COc2ccccc2Cl)c1. The molecule has 2 aromatic rings. The zero-order chi connectivity index (χ0) is 21.2. The van der Waals surface area contributed by atoms with E-state index in [9.17, 15) is 14.4 Å². The molecule has 0 unspecified atom stereocenters. The van der Waals surface area contributed by atoms with Crippen molar-refractivity contribution in [3.8, 4) is 5.75 Å². The van der Waals surface area contributed by atoms with Crippen molar-refractivity contribution in [2.75, 3.05) is 31.6 Å². The Kier molecular flexibility index (Phi) is 8.48. The lowest BCUT2D eigenvalue weighted by atomic mass is 10.1. The van der Waals surface area contributed by atoms with Crippen LogP contribution in [0.15, 0.2) is 48.5 Å². The number of para-hydroxylation sites is 1. The van der Waals surface area contributed by atoms with Gasteiger partial charge in [0.25, 0.3) is 11.8 Å². The van der Waals surface area contributed by atoms with E-state index in [0.717, 1.165) is 0 Å². The van der Waals surface area contributed by atoms with Crippen molar-refractivity contribution >= 4 is 35.1 Å². The number of benzene rings is 2. The molecule has 0 aliphatic rings. The van der Waals surface area contributed by atoms with Crippen LogP contribution in [0.4, 0.5) is 5.69 Å². The molecule has 0 bridgehead atoms. The summed E-state index contributed by atoms with van der Waals surface area (Å²) < 4.78 is 10.1. The summed E-state index contributed by atoms with van der Waals surface area (Å²) in [4.78, 5) is 37.9. The Morgan fingerprint density at radius 1 is 1.00 bits per heavy atom. The molecular weight excluding hydrogens is 396 g/mol. The zero-order valence-corrected chi connectivity index (χ0v) is 17.1. The molecule has 29 heavy (non-hydrogen) atoms.